The summed E-state index contributed by atoms with van der Waals surface area (Å²) in [6.07, 6.45) is 22.2. The van der Waals surface area contributed by atoms with E-state index in [0.29, 0.717) is 0 Å². The van der Waals surface area contributed by atoms with Gasteiger partial charge < -0.3 is 10.2 Å². The van der Waals surface area contributed by atoms with E-state index in [-0.39, 0.29) is 18.1 Å². The van der Waals surface area contributed by atoms with E-state index in [2.05, 4.69) is 48.6 Å². The lowest BCUT2D eigenvalue weighted by Gasteiger charge is -2.28. The van der Waals surface area contributed by atoms with E-state index in [9.17, 15) is 10.2 Å². The van der Waals surface area contributed by atoms with E-state index >= 15 is 0 Å². The Morgan fingerprint density at radius 3 is 1.67 bits per heavy atom. The van der Waals surface area contributed by atoms with Crippen molar-refractivity contribution < 1.29 is 10.2 Å². The van der Waals surface area contributed by atoms with Crippen molar-refractivity contribution >= 4 is 22.6 Å². The van der Waals surface area contributed by atoms with Gasteiger partial charge in [0.15, 0.2) is 0 Å². The van der Waals surface area contributed by atoms with Gasteiger partial charge >= 0.3 is 0 Å². The summed E-state index contributed by atoms with van der Waals surface area (Å²) in [5, 5.41) is 21.3. The van der Waals surface area contributed by atoms with Crippen molar-refractivity contribution in [2.45, 2.75) is 129 Å². The first-order valence-corrected chi connectivity index (χ1v) is 13.3. The molecule has 2 N–H and O–H groups in total. The maximum atomic E-state index is 10.6. The number of aliphatic hydroxyl groups is 2. The number of halogens is 1. The standard InChI is InChI=1S/C24H47IO2/c1-3-5-14-19-23(26)22(24(27)20-15-6-4-2)18-16-12-10-8-7-9-11-13-17-21-25/h11,13,22-24,26-27H,3-10,12,14-21H2,1-2H3/b13-11-. The smallest absolute Gasteiger partial charge is 0.0593 e. The first-order valence-electron chi connectivity index (χ1n) is 11.7. The first-order chi connectivity index (χ1) is 13.2. The van der Waals surface area contributed by atoms with Gasteiger partial charge in [0.25, 0.3) is 0 Å². The van der Waals surface area contributed by atoms with Crippen LogP contribution in [0, 0.1) is 5.92 Å². The molecular weight excluding hydrogens is 447 g/mol. The van der Waals surface area contributed by atoms with Crippen LogP contribution in [0.5, 0.6) is 0 Å². The van der Waals surface area contributed by atoms with E-state index in [1.54, 1.807) is 0 Å². The van der Waals surface area contributed by atoms with Crippen LogP contribution in [0.2, 0.25) is 0 Å². The van der Waals surface area contributed by atoms with Gasteiger partial charge in [0, 0.05) is 10.3 Å². The Morgan fingerprint density at radius 1 is 0.630 bits per heavy atom. The van der Waals surface area contributed by atoms with Crippen LogP contribution >= 0.6 is 22.6 Å². The molecule has 0 aliphatic carbocycles. The minimum Gasteiger partial charge on any atom is -0.393 e. The maximum absolute atomic E-state index is 10.6. The van der Waals surface area contributed by atoms with Crippen molar-refractivity contribution in [1.29, 1.82) is 0 Å². The summed E-state index contributed by atoms with van der Waals surface area (Å²) in [6, 6.07) is 0. The van der Waals surface area contributed by atoms with Crippen LogP contribution in [0.1, 0.15) is 117 Å². The van der Waals surface area contributed by atoms with Gasteiger partial charge in [-0.25, -0.2) is 0 Å². The van der Waals surface area contributed by atoms with E-state index < -0.39 is 0 Å². The molecule has 27 heavy (non-hydrogen) atoms. The van der Waals surface area contributed by atoms with Crippen LogP contribution in [0.25, 0.3) is 0 Å². The molecule has 0 amide bonds. The number of allylic oxidation sites excluding steroid dienone is 2. The van der Waals surface area contributed by atoms with Crippen LogP contribution in [-0.4, -0.2) is 26.8 Å². The maximum Gasteiger partial charge on any atom is 0.0593 e. The fourth-order valence-electron chi connectivity index (χ4n) is 3.75. The largest absolute Gasteiger partial charge is 0.393 e. The van der Waals surface area contributed by atoms with Gasteiger partial charge in [-0.3, -0.25) is 0 Å². The minimum absolute atomic E-state index is 0.0786. The minimum atomic E-state index is -0.323. The lowest BCUT2D eigenvalue weighted by Crippen LogP contribution is -2.32. The molecule has 0 saturated heterocycles. The van der Waals surface area contributed by atoms with Crippen molar-refractivity contribution in [1.82, 2.24) is 0 Å². The normalized spacial score (nSPS) is 15.3. The van der Waals surface area contributed by atoms with E-state index in [4.69, 9.17) is 0 Å². The molecule has 2 unspecified atom stereocenters. The number of alkyl halides is 1. The fraction of sp³-hybridized carbons (Fsp3) is 0.917. The third kappa shape index (κ3) is 17.0. The third-order valence-electron chi connectivity index (χ3n) is 5.55. The molecule has 0 fully saturated rings. The van der Waals surface area contributed by atoms with Gasteiger partial charge in [0.2, 0.25) is 0 Å². The van der Waals surface area contributed by atoms with Crippen LogP contribution in [0.15, 0.2) is 12.2 Å². The molecule has 0 rings (SSSR count). The van der Waals surface area contributed by atoms with E-state index in [1.165, 1.54) is 68.6 Å². The summed E-state index contributed by atoms with van der Waals surface area (Å²) < 4.78 is 1.21. The Labute approximate surface area is 183 Å². The molecule has 0 radical (unpaired) electrons. The summed E-state index contributed by atoms with van der Waals surface area (Å²) in [4.78, 5) is 0. The predicted molar refractivity (Wildman–Crippen MR) is 129 cm³/mol. The second kappa shape index (κ2) is 21.1. The predicted octanol–water partition coefficient (Wildman–Crippen LogP) is 7.60. The number of unbranched alkanes of at least 4 members (excludes halogenated alkanes) is 9. The summed E-state index contributed by atoms with van der Waals surface area (Å²) in [7, 11) is 0. The van der Waals surface area contributed by atoms with Crippen LogP contribution < -0.4 is 0 Å². The molecule has 2 nitrogen and oxygen atoms in total. The monoisotopic (exact) mass is 494 g/mol. The Bertz CT molecular complexity index is 304. The molecule has 0 aromatic heterocycles. The van der Waals surface area contributed by atoms with Gasteiger partial charge in [0.05, 0.1) is 12.2 Å². The number of hydrogen-bond donors (Lipinski definition) is 2. The number of rotatable bonds is 20. The highest BCUT2D eigenvalue weighted by molar-refractivity contribution is 14.1. The van der Waals surface area contributed by atoms with Crippen molar-refractivity contribution in [2.24, 2.45) is 5.92 Å². The lowest BCUT2D eigenvalue weighted by atomic mass is 9.85. The quantitative estimate of drug-likeness (QED) is 0.0792. The Balaban J connectivity index is 4.07. The molecule has 2 atom stereocenters. The van der Waals surface area contributed by atoms with Crippen LogP contribution in [-0.2, 0) is 0 Å². The van der Waals surface area contributed by atoms with Crippen molar-refractivity contribution in [3.05, 3.63) is 12.2 Å². The zero-order chi connectivity index (χ0) is 20.2. The van der Waals surface area contributed by atoms with E-state index in [1.807, 2.05) is 0 Å². The second-order valence-corrected chi connectivity index (χ2v) is 9.16. The zero-order valence-corrected chi connectivity index (χ0v) is 20.3. The van der Waals surface area contributed by atoms with Gasteiger partial charge in [-0.05, 0) is 38.5 Å². The van der Waals surface area contributed by atoms with Crippen LogP contribution in [0.3, 0.4) is 0 Å². The molecule has 0 bridgehead atoms. The Hall–Kier alpha value is 0.390. The molecule has 0 spiro atoms. The SMILES string of the molecule is CCCCCC(O)C(CCCCCCC/C=C\CCI)C(O)CCCCC. The fourth-order valence-corrected chi connectivity index (χ4v) is 4.11. The van der Waals surface area contributed by atoms with Gasteiger partial charge in [-0.1, -0.05) is 113 Å². The van der Waals surface area contributed by atoms with Crippen LogP contribution in [0.4, 0.5) is 0 Å². The number of aliphatic hydroxyl groups excluding tert-OH is 2. The summed E-state index contributed by atoms with van der Waals surface area (Å²) in [6.45, 7) is 4.39. The molecule has 0 saturated carbocycles. The summed E-state index contributed by atoms with van der Waals surface area (Å²) >= 11 is 2.42. The highest BCUT2D eigenvalue weighted by Gasteiger charge is 2.25. The average molecular weight is 495 g/mol. The molecule has 0 aliphatic heterocycles. The number of hydrogen-bond acceptors (Lipinski definition) is 2. The molecule has 3 heteroatoms. The highest BCUT2D eigenvalue weighted by Crippen LogP contribution is 2.25. The molecular formula is C24H47IO2. The summed E-state index contributed by atoms with van der Waals surface area (Å²) in [5.41, 5.74) is 0. The molecule has 162 valence electrons. The molecule has 0 aliphatic rings. The molecule has 0 heterocycles. The molecule has 0 aromatic rings. The summed E-state index contributed by atoms with van der Waals surface area (Å²) in [5.74, 6) is 0.0786. The first kappa shape index (κ1) is 27.4. The topological polar surface area (TPSA) is 40.5 Å². The zero-order valence-electron chi connectivity index (χ0n) is 18.2. The average Bonchev–Trinajstić information content (AvgIpc) is 2.66. The Morgan fingerprint density at radius 2 is 1.11 bits per heavy atom. The third-order valence-corrected chi connectivity index (χ3v) is 6.17. The van der Waals surface area contributed by atoms with Gasteiger partial charge in [-0.2, -0.15) is 0 Å². The van der Waals surface area contributed by atoms with Crippen molar-refractivity contribution in [2.75, 3.05) is 4.43 Å². The highest BCUT2D eigenvalue weighted by atomic mass is 127. The van der Waals surface area contributed by atoms with E-state index in [0.717, 1.165) is 38.5 Å². The second-order valence-electron chi connectivity index (χ2n) is 8.08. The van der Waals surface area contributed by atoms with Gasteiger partial charge in [-0.15, -0.1) is 0 Å². The Kier molecular flexibility index (Phi) is 21.4. The molecule has 0 aromatic carbocycles. The van der Waals surface area contributed by atoms with Crippen molar-refractivity contribution in [3.8, 4) is 0 Å². The lowest BCUT2D eigenvalue weighted by molar-refractivity contribution is -0.00316. The van der Waals surface area contributed by atoms with Crippen molar-refractivity contribution in [3.63, 3.8) is 0 Å². The van der Waals surface area contributed by atoms with Gasteiger partial charge in [0.1, 0.15) is 0 Å².